The van der Waals surface area contributed by atoms with Crippen LogP contribution in [-0.4, -0.2) is 18.5 Å². The van der Waals surface area contributed by atoms with Crippen molar-refractivity contribution in [1.82, 2.24) is 10.6 Å². The SMILES string of the molecule is CC(C)c1ccc(C(C)NC(=O)C2CCCN2)cc1.Cl. The summed E-state index contributed by atoms with van der Waals surface area (Å²) < 4.78 is 0. The lowest BCUT2D eigenvalue weighted by atomic mass is 9.99. The van der Waals surface area contributed by atoms with Crippen LogP contribution in [0.2, 0.25) is 0 Å². The van der Waals surface area contributed by atoms with E-state index >= 15 is 0 Å². The predicted molar refractivity (Wildman–Crippen MR) is 85.4 cm³/mol. The molecule has 0 bridgehead atoms. The van der Waals surface area contributed by atoms with Gasteiger partial charge in [0.25, 0.3) is 0 Å². The molecule has 2 atom stereocenters. The van der Waals surface area contributed by atoms with Crippen LogP contribution < -0.4 is 10.6 Å². The molecule has 0 spiro atoms. The van der Waals surface area contributed by atoms with Crippen LogP contribution in [0.5, 0.6) is 0 Å². The van der Waals surface area contributed by atoms with Gasteiger partial charge in [0.2, 0.25) is 5.91 Å². The van der Waals surface area contributed by atoms with Crippen molar-refractivity contribution in [3.8, 4) is 0 Å². The lowest BCUT2D eigenvalue weighted by Crippen LogP contribution is -2.41. The van der Waals surface area contributed by atoms with Gasteiger partial charge in [0.15, 0.2) is 0 Å². The van der Waals surface area contributed by atoms with Gasteiger partial charge in [-0.25, -0.2) is 0 Å². The number of halogens is 1. The Labute approximate surface area is 127 Å². The van der Waals surface area contributed by atoms with Gasteiger partial charge in [0.1, 0.15) is 0 Å². The first-order valence-corrected chi connectivity index (χ1v) is 7.21. The summed E-state index contributed by atoms with van der Waals surface area (Å²) in [5, 5.41) is 6.31. The Kier molecular flexibility index (Phi) is 6.50. The smallest absolute Gasteiger partial charge is 0.237 e. The maximum absolute atomic E-state index is 12.0. The molecule has 2 N–H and O–H groups in total. The van der Waals surface area contributed by atoms with E-state index in [1.807, 2.05) is 6.92 Å². The quantitative estimate of drug-likeness (QED) is 0.896. The second-order valence-electron chi connectivity index (χ2n) is 5.70. The van der Waals surface area contributed by atoms with Crippen molar-refractivity contribution in [1.29, 1.82) is 0 Å². The molecule has 1 amide bonds. The summed E-state index contributed by atoms with van der Waals surface area (Å²) in [6.07, 6.45) is 2.04. The Morgan fingerprint density at radius 3 is 2.30 bits per heavy atom. The maximum atomic E-state index is 12.0. The van der Waals surface area contributed by atoms with Crippen molar-refractivity contribution < 1.29 is 4.79 Å². The van der Waals surface area contributed by atoms with Gasteiger partial charge in [0.05, 0.1) is 12.1 Å². The zero-order chi connectivity index (χ0) is 13.8. The molecule has 0 radical (unpaired) electrons. The number of nitrogens with one attached hydrogen (secondary N) is 2. The molecule has 0 aliphatic carbocycles. The number of amides is 1. The highest BCUT2D eigenvalue weighted by Gasteiger charge is 2.23. The molecule has 1 aromatic carbocycles. The first-order chi connectivity index (χ1) is 9.08. The van der Waals surface area contributed by atoms with E-state index in [1.54, 1.807) is 0 Å². The number of rotatable bonds is 4. The van der Waals surface area contributed by atoms with E-state index in [2.05, 4.69) is 48.7 Å². The van der Waals surface area contributed by atoms with Crippen LogP contribution in [0.15, 0.2) is 24.3 Å². The molecule has 2 rings (SSSR count). The molecule has 1 saturated heterocycles. The molecular formula is C16H25ClN2O. The zero-order valence-corrected chi connectivity index (χ0v) is 13.3. The van der Waals surface area contributed by atoms with E-state index < -0.39 is 0 Å². The summed E-state index contributed by atoms with van der Waals surface area (Å²) in [6.45, 7) is 7.37. The fraction of sp³-hybridized carbons (Fsp3) is 0.562. The van der Waals surface area contributed by atoms with Crippen molar-refractivity contribution in [2.24, 2.45) is 0 Å². The molecule has 1 heterocycles. The average molecular weight is 297 g/mol. The van der Waals surface area contributed by atoms with Gasteiger partial charge in [-0.05, 0) is 43.4 Å². The standard InChI is InChI=1S/C16H24N2O.ClH/c1-11(2)13-6-8-14(9-7-13)12(3)18-16(19)15-5-4-10-17-15;/h6-9,11-12,15,17H,4-5,10H2,1-3H3,(H,18,19);1H. The van der Waals surface area contributed by atoms with Gasteiger partial charge in [-0.2, -0.15) is 0 Å². The number of hydrogen-bond donors (Lipinski definition) is 2. The summed E-state index contributed by atoms with van der Waals surface area (Å²) in [7, 11) is 0. The largest absolute Gasteiger partial charge is 0.348 e. The van der Waals surface area contributed by atoms with Gasteiger partial charge < -0.3 is 10.6 Å². The van der Waals surface area contributed by atoms with Gasteiger partial charge in [-0.15, -0.1) is 12.4 Å². The highest BCUT2D eigenvalue weighted by molar-refractivity contribution is 5.85. The first-order valence-electron chi connectivity index (χ1n) is 7.21. The molecule has 112 valence electrons. The second kappa shape index (κ2) is 7.65. The highest BCUT2D eigenvalue weighted by atomic mass is 35.5. The van der Waals surface area contributed by atoms with Gasteiger partial charge >= 0.3 is 0 Å². The Balaban J connectivity index is 0.00000200. The Bertz CT molecular complexity index is 425. The van der Waals surface area contributed by atoms with Gasteiger partial charge in [0, 0.05) is 0 Å². The number of carbonyl (C=O) groups is 1. The highest BCUT2D eigenvalue weighted by Crippen LogP contribution is 2.19. The molecule has 3 nitrogen and oxygen atoms in total. The van der Waals surface area contributed by atoms with Crippen molar-refractivity contribution in [2.45, 2.75) is 51.6 Å². The van der Waals surface area contributed by atoms with Crippen molar-refractivity contribution in [3.63, 3.8) is 0 Å². The van der Waals surface area contributed by atoms with E-state index in [4.69, 9.17) is 0 Å². The van der Waals surface area contributed by atoms with Gasteiger partial charge in [-0.3, -0.25) is 4.79 Å². The molecule has 1 fully saturated rings. The Morgan fingerprint density at radius 2 is 1.80 bits per heavy atom. The summed E-state index contributed by atoms with van der Waals surface area (Å²) in [6, 6.07) is 8.59. The van der Waals surface area contributed by atoms with Crippen LogP contribution in [0.4, 0.5) is 0 Å². The Hall–Kier alpha value is -1.06. The molecule has 0 saturated carbocycles. The van der Waals surface area contributed by atoms with Crippen LogP contribution >= 0.6 is 12.4 Å². The molecule has 4 heteroatoms. The molecule has 2 unspecified atom stereocenters. The van der Waals surface area contributed by atoms with Crippen LogP contribution in [0.3, 0.4) is 0 Å². The van der Waals surface area contributed by atoms with E-state index in [0.717, 1.165) is 24.9 Å². The molecule has 1 aliphatic rings. The fourth-order valence-corrected chi connectivity index (χ4v) is 2.48. The minimum atomic E-state index is -0.00242. The third-order valence-corrected chi connectivity index (χ3v) is 3.84. The summed E-state index contributed by atoms with van der Waals surface area (Å²) >= 11 is 0. The predicted octanol–water partition coefficient (Wildman–Crippen LogP) is 3.16. The first kappa shape index (κ1) is 17.0. The minimum absolute atomic E-state index is 0. The molecule has 0 aromatic heterocycles. The van der Waals surface area contributed by atoms with Crippen molar-refractivity contribution in [3.05, 3.63) is 35.4 Å². The van der Waals surface area contributed by atoms with Crippen LogP contribution in [0.1, 0.15) is 56.7 Å². The van der Waals surface area contributed by atoms with Crippen LogP contribution in [-0.2, 0) is 4.79 Å². The topological polar surface area (TPSA) is 41.1 Å². The second-order valence-corrected chi connectivity index (χ2v) is 5.70. The van der Waals surface area contributed by atoms with E-state index in [0.29, 0.717) is 5.92 Å². The summed E-state index contributed by atoms with van der Waals surface area (Å²) in [4.78, 5) is 12.0. The zero-order valence-electron chi connectivity index (χ0n) is 12.5. The van der Waals surface area contributed by atoms with Crippen LogP contribution in [0, 0.1) is 0 Å². The van der Waals surface area contributed by atoms with Crippen molar-refractivity contribution >= 4 is 18.3 Å². The van der Waals surface area contributed by atoms with Gasteiger partial charge in [-0.1, -0.05) is 38.1 Å². The van der Waals surface area contributed by atoms with Crippen molar-refractivity contribution in [2.75, 3.05) is 6.54 Å². The normalized spacial score (nSPS) is 19.5. The fourth-order valence-electron chi connectivity index (χ4n) is 2.48. The maximum Gasteiger partial charge on any atom is 0.237 e. The van der Waals surface area contributed by atoms with E-state index in [9.17, 15) is 4.79 Å². The molecule has 20 heavy (non-hydrogen) atoms. The third kappa shape index (κ3) is 4.22. The Morgan fingerprint density at radius 1 is 1.20 bits per heavy atom. The summed E-state index contributed by atoms with van der Waals surface area (Å²) in [5.41, 5.74) is 2.50. The van der Waals surface area contributed by atoms with Crippen LogP contribution in [0.25, 0.3) is 0 Å². The lowest BCUT2D eigenvalue weighted by molar-refractivity contribution is -0.123. The summed E-state index contributed by atoms with van der Waals surface area (Å²) in [5.74, 6) is 0.666. The molecular weight excluding hydrogens is 272 g/mol. The molecule has 1 aromatic rings. The molecule has 1 aliphatic heterocycles. The number of carbonyl (C=O) groups excluding carboxylic acids is 1. The third-order valence-electron chi connectivity index (χ3n) is 3.84. The lowest BCUT2D eigenvalue weighted by Gasteiger charge is -2.18. The number of benzene rings is 1. The van der Waals surface area contributed by atoms with E-state index in [-0.39, 0.29) is 30.4 Å². The number of hydrogen-bond acceptors (Lipinski definition) is 2. The monoisotopic (exact) mass is 296 g/mol. The average Bonchev–Trinajstić information content (AvgIpc) is 2.92. The minimum Gasteiger partial charge on any atom is -0.348 e. The van der Waals surface area contributed by atoms with E-state index in [1.165, 1.54) is 5.56 Å².